The van der Waals surface area contributed by atoms with Crippen molar-refractivity contribution < 1.29 is 31.9 Å². The molecule has 1 unspecified atom stereocenters. The van der Waals surface area contributed by atoms with Crippen LogP contribution in [0.5, 0.6) is 11.5 Å². The zero-order chi connectivity index (χ0) is 27.0. The number of carbonyl (C=O) groups is 2. The van der Waals surface area contributed by atoms with Gasteiger partial charge < -0.3 is 19.7 Å². The Balaban J connectivity index is 1.74. The molecule has 1 aliphatic heterocycles. The molecular formula is C26H34FN3O6S. The van der Waals surface area contributed by atoms with Crippen LogP contribution in [0.2, 0.25) is 0 Å². The van der Waals surface area contributed by atoms with E-state index in [-0.39, 0.29) is 44.5 Å². The van der Waals surface area contributed by atoms with Gasteiger partial charge in [0.25, 0.3) is 0 Å². The Kier molecular flexibility index (Phi) is 9.73. The lowest BCUT2D eigenvalue weighted by atomic mass is 10.1. The number of hydrogen-bond acceptors (Lipinski definition) is 6. The van der Waals surface area contributed by atoms with E-state index in [0.29, 0.717) is 35.7 Å². The largest absolute Gasteiger partial charge is 0.454 e. The van der Waals surface area contributed by atoms with Crippen molar-refractivity contribution in [2.45, 2.75) is 52.1 Å². The summed E-state index contributed by atoms with van der Waals surface area (Å²) < 4.78 is 50.4. The number of carbonyl (C=O) groups excluding carboxylic acids is 2. The van der Waals surface area contributed by atoms with E-state index in [1.807, 2.05) is 13.8 Å². The third-order valence-electron chi connectivity index (χ3n) is 6.00. The van der Waals surface area contributed by atoms with Crippen LogP contribution in [0, 0.1) is 5.82 Å². The molecule has 0 aromatic heterocycles. The van der Waals surface area contributed by atoms with E-state index >= 15 is 0 Å². The third-order valence-corrected chi connectivity index (χ3v) is 7.19. The van der Waals surface area contributed by atoms with Crippen LogP contribution in [0.3, 0.4) is 0 Å². The highest BCUT2D eigenvalue weighted by molar-refractivity contribution is 7.92. The van der Waals surface area contributed by atoms with Crippen molar-refractivity contribution in [3.63, 3.8) is 0 Å². The van der Waals surface area contributed by atoms with Gasteiger partial charge in [-0.05, 0) is 49.1 Å². The lowest BCUT2D eigenvalue weighted by Gasteiger charge is -2.31. The first-order chi connectivity index (χ1) is 17.6. The van der Waals surface area contributed by atoms with Gasteiger partial charge in [-0.25, -0.2) is 12.8 Å². The molecule has 202 valence electrons. The minimum Gasteiger partial charge on any atom is -0.454 e. The SMILES string of the molecule is CCCNC(=O)C(CC)N(Cc1ccc(F)cc1)C(=O)CCCN(c1ccc2c(c1)OCO2)S(C)(=O)=O. The maximum Gasteiger partial charge on any atom is 0.242 e. The topological polar surface area (TPSA) is 105 Å². The van der Waals surface area contributed by atoms with E-state index in [2.05, 4.69) is 5.32 Å². The molecule has 1 heterocycles. The summed E-state index contributed by atoms with van der Waals surface area (Å²) in [5.41, 5.74) is 1.10. The fourth-order valence-electron chi connectivity index (χ4n) is 4.12. The average molecular weight is 536 g/mol. The molecule has 11 heteroatoms. The number of fused-ring (bicyclic) bond motifs is 1. The van der Waals surface area contributed by atoms with E-state index in [4.69, 9.17) is 9.47 Å². The van der Waals surface area contributed by atoms with Gasteiger partial charge in [-0.1, -0.05) is 26.0 Å². The Labute approximate surface area is 217 Å². The molecule has 0 saturated carbocycles. The zero-order valence-corrected chi connectivity index (χ0v) is 22.2. The summed E-state index contributed by atoms with van der Waals surface area (Å²) in [6.45, 7) is 4.53. The normalized spacial score (nSPS) is 13.2. The van der Waals surface area contributed by atoms with Crippen molar-refractivity contribution in [1.82, 2.24) is 10.2 Å². The molecule has 1 aliphatic rings. The van der Waals surface area contributed by atoms with Gasteiger partial charge in [0.05, 0.1) is 11.9 Å². The van der Waals surface area contributed by atoms with E-state index < -0.39 is 21.9 Å². The van der Waals surface area contributed by atoms with Gasteiger partial charge in [-0.15, -0.1) is 0 Å². The van der Waals surface area contributed by atoms with E-state index in [1.165, 1.54) is 21.3 Å². The predicted octanol–water partition coefficient (Wildman–Crippen LogP) is 3.43. The van der Waals surface area contributed by atoms with Crippen molar-refractivity contribution >= 4 is 27.5 Å². The van der Waals surface area contributed by atoms with Gasteiger partial charge in [0.15, 0.2) is 11.5 Å². The standard InChI is InChI=1S/C26H34FN3O6S/c1-4-14-28-26(32)22(5-2)29(17-19-8-10-20(27)11-9-19)25(31)7-6-15-30(37(3,33)34)21-12-13-23-24(16-21)36-18-35-23/h8-13,16,22H,4-7,14-15,17-18H2,1-3H3,(H,28,32). The second kappa shape index (κ2) is 12.8. The van der Waals surface area contributed by atoms with Gasteiger partial charge in [0, 0.05) is 32.1 Å². The predicted molar refractivity (Wildman–Crippen MR) is 138 cm³/mol. The molecule has 9 nitrogen and oxygen atoms in total. The van der Waals surface area contributed by atoms with Crippen LogP contribution in [-0.4, -0.2) is 57.3 Å². The number of halogens is 1. The summed E-state index contributed by atoms with van der Waals surface area (Å²) >= 11 is 0. The Morgan fingerprint density at radius 3 is 2.43 bits per heavy atom. The first-order valence-corrected chi connectivity index (χ1v) is 14.2. The maximum atomic E-state index is 13.4. The van der Waals surface area contributed by atoms with Crippen molar-refractivity contribution in [1.29, 1.82) is 0 Å². The summed E-state index contributed by atoms with van der Waals surface area (Å²) in [5.74, 6) is 0.0611. The lowest BCUT2D eigenvalue weighted by Crippen LogP contribution is -2.49. The highest BCUT2D eigenvalue weighted by atomic mass is 32.2. The first-order valence-electron chi connectivity index (χ1n) is 12.3. The molecule has 2 aromatic rings. The summed E-state index contributed by atoms with van der Waals surface area (Å²) in [6.07, 6.45) is 2.51. The number of anilines is 1. The van der Waals surface area contributed by atoms with Gasteiger partial charge in [0.2, 0.25) is 28.6 Å². The molecule has 1 atom stereocenters. The van der Waals surface area contributed by atoms with Crippen LogP contribution in [-0.2, 0) is 26.2 Å². The van der Waals surface area contributed by atoms with Gasteiger partial charge in [0.1, 0.15) is 11.9 Å². The van der Waals surface area contributed by atoms with Crippen LogP contribution < -0.4 is 19.1 Å². The molecule has 1 N–H and O–H groups in total. The fourth-order valence-corrected chi connectivity index (χ4v) is 5.07. The Morgan fingerprint density at radius 2 is 1.78 bits per heavy atom. The number of sulfonamides is 1. The molecule has 0 bridgehead atoms. The van der Waals surface area contributed by atoms with Gasteiger partial charge in [-0.2, -0.15) is 0 Å². The Bertz CT molecular complexity index is 1190. The van der Waals surface area contributed by atoms with E-state index in [9.17, 15) is 22.4 Å². The summed E-state index contributed by atoms with van der Waals surface area (Å²) in [6, 6.07) is 9.95. The van der Waals surface area contributed by atoms with Crippen molar-refractivity contribution in [2.75, 3.05) is 30.4 Å². The lowest BCUT2D eigenvalue weighted by molar-refractivity contribution is -0.141. The Morgan fingerprint density at radius 1 is 1.08 bits per heavy atom. The maximum absolute atomic E-state index is 13.4. The third kappa shape index (κ3) is 7.58. The number of nitrogens with one attached hydrogen (secondary N) is 1. The van der Waals surface area contributed by atoms with Crippen molar-refractivity contribution in [3.05, 3.63) is 53.8 Å². The molecule has 2 amide bonds. The second-order valence-corrected chi connectivity index (χ2v) is 10.7. The smallest absolute Gasteiger partial charge is 0.242 e. The van der Waals surface area contributed by atoms with Crippen LogP contribution in [0.1, 0.15) is 45.1 Å². The molecule has 0 fully saturated rings. The van der Waals surface area contributed by atoms with Crippen LogP contribution in [0.4, 0.5) is 10.1 Å². The Hall–Kier alpha value is -3.34. The second-order valence-electron chi connectivity index (χ2n) is 8.84. The zero-order valence-electron chi connectivity index (χ0n) is 21.4. The molecule has 2 aromatic carbocycles. The quantitative estimate of drug-likeness (QED) is 0.421. The minimum absolute atomic E-state index is 0.0231. The highest BCUT2D eigenvalue weighted by Gasteiger charge is 2.29. The fraction of sp³-hybridized carbons (Fsp3) is 0.462. The monoisotopic (exact) mass is 535 g/mol. The summed E-state index contributed by atoms with van der Waals surface area (Å²) in [4.78, 5) is 27.7. The van der Waals surface area contributed by atoms with Crippen molar-refractivity contribution in [3.8, 4) is 11.5 Å². The first kappa shape index (κ1) is 28.2. The number of hydrogen-bond donors (Lipinski definition) is 1. The molecule has 0 spiro atoms. The molecule has 3 rings (SSSR count). The van der Waals surface area contributed by atoms with Gasteiger partial charge >= 0.3 is 0 Å². The highest BCUT2D eigenvalue weighted by Crippen LogP contribution is 2.36. The number of rotatable bonds is 13. The van der Waals surface area contributed by atoms with Crippen LogP contribution >= 0.6 is 0 Å². The van der Waals surface area contributed by atoms with Crippen LogP contribution in [0.15, 0.2) is 42.5 Å². The van der Waals surface area contributed by atoms with E-state index in [0.717, 1.165) is 12.7 Å². The van der Waals surface area contributed by atoms with Gasteiger partial charge in [-0.3, -0.25) is 13.9 Å². The average Bonchev–Trinajstić information content (AvgIpc) is 3.33. The minimum atomic E-state index is -3.64. The van der Waals surface area contributed by atoms with E-state index in [1.54, 1.807) is 30.3 Å². The molecule has 37 heavy (non-hydrogen) atoms. The van der Waals surface area contributed by atoms with Crippen LogP contribution in [0.25, 0.3) is 0 Å². The number of benzene rings is 2. The molecule has 0 radical (unpaired) electrons. The summed E-state index contributed by atoms with van der Waals surface area (Å²) in [5, 5.41) is 2.85. The number of nitrogens with zero attached hydrogens (tertiary/aromatic N) is 2. The summed E-state index contributed by atoms with van der Waals surface area (Å²) in [7, 11) is -3.64. The molecule has 0 saturated heterocycles. The number of ether oxygens (including phenoxy) is 2. The molecule has 0 aliphatic carbocycles. The van der Waals surface area contributed by atoms with Crippen molar-refractivity contribution in [2.24, 2.45) is 0 Å². The molecular weight excluding hydrogens is 501 g/mol. The number of amides is 2.